The fourth-order valence-corrected chi connectivity index (χ4v) is 3.68. The van der Waals surface area contributed by atoms with Gasteiger partial charge in [0.15, 0.2) is 0 Å². The molecule has 1 aliphatic carbocycles. The topological polar surface area (TPSA) is 21.3 Å². The van der Waals surface area contributed by atoms with Crippen molar-refractivity contribution in [2.45, 2.75) is 58.5 Å². The summed E-state index contributed by atoms with van der Waals surface area (Å²) >= 11 is 0. The average Bonchev–Trinajstić information content (AvgIpc) is 2.80. The van der Waals surface area contributed by atoms with Gasteiger partial charge in [0.25, 0.3) is 0 Å². The molecule has 1 aliphatic rings. The molecule has 4 atom stereocenters. The summed E-state index contributed by atoms with van der Waals surface area (Å²) in [5.41, 5.74) is 1.30. The number of hydrogen-bond acceptors (Lipinski definition) is 2. The van der Waals surface area contributed by atoms with E-state index in [1.807, 2.05) is 12.1 Å². The molecule has 1 aromatic rings. The molecule has 0 heterocycles. The highest BCUT2D eigenvalue weighted by molar-refractivity contribution is 5.33. The predicted molar refractivity (Wildman–Crippen MR) is 85.3 cm³/mol. The Balaban J connectivity index is 1.91. The number of para-hydroxylation sites is 1. The lowest BCUT2D eigenvalue weighted by Gasteiger charge is -2.25. The Kier molecular flexibility index (Phi) is 5.47. The first kappa shape index (κ1) is 15.4. The Labute approximate surface area is 123 Å². The van der Waals surface area contributed by atoms with Crippen molar-refractivity contribution < 1.29 is 4.74 Å². The Hall–Kier alpha value is -1.02. The van der Waals surface area contributed by atoms with Gasteiger partial charge in [-0.3, -0.25) is 0 Å². The second-order valence-corrected chi connectivity index (χ2v) is 6.29. The van der Waals surface area contributed by atoms with E-state index in [-0.39, 0.29) is 0 Å². The minimum Gasteiger partial charge on any atom is -0.496 e. The summed E-state index contributed by atoms with van der Waals surface area (Å²) in [6, 6.07) is 9.53. The van der Waals surface area contributed by atoms with Crippen molar-refractivity contribution in [1.82, 2.24) is 5.32 Å². The van der Waals surface area contributed by atoms with E-state index in [2.05, 4.69) is 38.2 Å². The average molecular weight is 275 g/mol. The number of rotatable bonds is 6. The molecule has 112 valence electrons. The van der Waals surface area contributed by atoms with Crippen LogP contribution in [-0.2, 0) is 6.42 Å². The number of nitrogens with one attached hydrogen (secondary N) is 1. The predicted octanol–water partition coefficient (Wildman–Crippen LogP) is 4.04. The number of ether oxygens (including phenoxy) is 1. The highest BCUT2D eigenvalue weighted by Gasteiger charge is 2.31. The number of methoxy groups -OCH3 is 1. The van der Waals surface area contributed by atoms with Gasteiger partial charge in [0.2, 0.25) is 0 Å². The Morgan fingerprint density at radius 3 is 2.70 bits per heavy atom. The van der Waals surface area contributed by atoms with Crippen LogP contribution in [0.15, 0.2) is 24.3 Å². The molecule has 2 heteroatoms. The van der Waals surface area contributed by atoms with Crippen molar-refractivity contribution in [2.75, 3.05) is 7.11 Å². The summed E-state index contributed by atoms with van der Waals surface area (Å²) < 4.78 is 5.44. The Morgan fingerprint density at radius 1 is 1.30 bits per heavy atom. The van der Waals surface area contributed by atoms with Crippen LogP contribution in [0, 0.1) is 11.8 Å². The summed E-state index contributed by atoms with van der Waals surface area (Å²) in [5.74, 6) is 2.72. The zero-order valence-corrected chi connectivity index (χ0v) is 13.4. The molecule has 4 unspecified atom stereocenters. The number of benzene rings is 1. The third-order valence-corrected chi connectivity index (χ3v) is 4.97. The largest absolute Gasteiger partial charge is 0.496 e. The second kappa shape index (κ2) is 7.12. The molecule has 20 heavy (non-hydrogen) atoms. The van der Waals surface area contributed by atoms with Crippen molar-refractivity contribution in [3.8, 4) is 5.75 Å². The molecule has 1 aromatic carbocycles. The maximum absolute atomic E-state index is 5.44. The van der Waals surface area contributed by atoms with Crippen LogP contribution in [0.5, 0.6) is 5.75 Å². The van der Waals surface area contributed by atoms with Gasteiger partial charge >= 0.3 is 0 Å². The highest BCUT2D eigenvalue weighted by atomic mass is 16.5. The molecule has 0 bridgehead atoms. The van der Waals surface area contributed by atoms with E-state index in [4.69, 9.17) is 4.74 Å². The van der Waals surface area contributed by atoms with Crippen LogP contribution in [0.3, 0.4) is 0 Å². The third kappa shape index (κ3) is 3.54. The van der Waals surface area contributed by atoms with Crippen LogP contribution < -0.4 is 10.1 Å². The van der Waals surface area contributed by atoms with Crippen LogP contribution >= 0.6 is 0 Å². The quantitative estimate of drug-likeness (QED) is 0.846. The van der Waals surface area contributed by atoms with Gasteiger partial charge < -0.3 is 10.1 Å². The Bertz CT molecular complexity index is 418. The van der Waals surface area contributed by atoms with Gasteiger partial charge in [0, 0.05) is 12.1 Å². The summed E-state index contributed by atoms with van der Waals surface area (Å²) in [6.45, 7) is 7.02. The highest BCUT2D eigenvalue weighted by Crippen LogP contribution is 2.34. The minimum absolute atomic E-state index is 0.495. The van der Waals surface area contributed by atoms with E-state index in [1.54, 1.807) is 7.11 Å². The standard InChI is InChI=1S/C18H29NO/c1-5-15-10-11-17(14(15)3)19-13(2)12-16-8-6-7-9-18(16)20-4/h6-9,13-15,17,19H,5,10-12H2,1-4H3. The first-order valence-corrected chi connectivity index (χ1v) is 8.03. The normalized spacial score (nSPS) is 27.5. The van der Waals surface area contributed by atoms with Crippen molar-refractivity contribution in [3.63, 3.8) is 0 Å². The number of hydrogen-bond donors (Lipinski definition) is 1. The fourth-order valence-electron chi connectivity index (χ4n) is 3.68. The van der Waals surface area contributed by atoms with Crippen LogP contribution in [-0.4, -0.2) is 19.2 Å². The lowest BCUT2D eigenvalue weighted by molar-refractivity contribution is 0.323. The van der Waals surface area contributed by atoms with Crippen LogP contribution in [0.25, 0.3) is 0 Å². The van der Waals surface area contributed by atoms with Crippen LogP contribution in [0.2, 0.25) is 0 Å². The lowest BCUT2D eigenvalue weighted by Crippen LogP contribution is -2.40. The van der Waals surface area contributed by atoms with Gasteiger partial charge in [0.1, 0.15) is 5.75 Å². The molecule has 0 spiro atoms. The van der Waals surface area contributed by atoms with Gasteiger partial charge in [0.05, 0.1) is 7.11 Å². The van der Waals surface area contributed by atoms with Crippen molar-refractivity contribution in [3.05, 3.63) is 29.8 Å². The molecule has 1 saturated carbocycles. The van der Waals surface area contributed by atoms with Gasteiger partial charge in [-0.05, 0) is 49.7 Å². The van der Waals surface area contributed by atoms with E-state index < -0.39 is 0 Å². The maximum atomic E-state index is 5.44. The molecule has 0 aliphatic heterocycles. The minimum atomic E-state index is 0.495. The summed E-state index contributed by atoms with van der Waals surface area (Å²) in [6.07, 6.45) is 5.07. The lowest BCUT2D eigenvalue weighted by atomic mass is 9.93. The van der Waals surface area contributed by atoms with E-state index in [0.29, 0.717) is 12.1 Å². The monoisotopic (exact) mass is 275 g/mol. The molecule has 0 aromatic heterocycles. The SMILES string of the molecule is CCC1CCC(NC(C)Cc2ccccc2OC)C1C. The van der Waals surface area contributed by atoms with E-state index in [0.717, 1.165) is 24.0 Å². The first-order valence-electron chi connectivity index (χ1n) is 8.03. The zero-order valence-electron chi connectivity index (χ0n) is 13.4. The van der Waals surface area contributed by atoms with E-state index in [9.17, 15) is 0 Å². The first-order chi connectivity index (χ1) is 9.65. The van der Waals surface area contributed by atoms with E-state index in [1.165, 1.54) is 24.8 Å². The molecular formula is C18H29NO. The van der Waals surface area contributed by atoms with Gasteiger partial charge in [-0.2, -0.15) is 0 Å². The molecule has 1 N–H and O–H groups in total. The molecular weight excluding hydrogens is 246 g/mol. The molecule has 2 rings (SSSR count). The van der Waals surface area contributed by atoms with Gasteiger partial charge in [-0.25, -0.2) is 0 Å². The fraction of sp³-hybridized carbons (Fsp3) is 0.667. The van der Waals surface area contributed by atoms with Crippen LogP contribution in [0.1, 0.15) is 45.6 Å². The maximum Gasteiger partial charge on any atom is 0.122 e. The van der Waals surface area contributed by atoms with Gasteiger partial charge in [-0.15, -0.1) is 0 Å². The summed E-state index contributed by atoms with van der Waals surface area (Å²) in [5, 5.41) is 3.84. The summed E-state index contributed by atoms with van der Waals surface area (Å²) in [7, 11) is 1.75. The summed E-state index contributed by atoms with van der Waals surface area (Å²) in [4.78, 5) is 0. The molecule has 0 radical (unpaired) electrons. The van der Waals surface area contributed by atoms with Crippen molar-refractivity contribution in [1.29, 1.82) is 0 Å². The molecule has 0 amide bonds. The third-order valence-electron chi connectivity index (χ3n) is 4.97. The van der Waals surface area contributed by atoms with E-state index >= 15 is 0 Å². The second-order valence-electron chi connectivity index (χ2n) is 6.29. The van der Waals surface area contributed by atoms with Crippen molar-refractivity contribution in [2.24, 2.45) is 11.8 Å². The molecule has 1 fully saturated rings. The smallest absolute Gasteiger partial charge is 0.122 e. The van der Waals surface area contributed by atoms with Crippen LogP contribution in [0.4, 0.5) is 0 Å². The van der Waals surface area contributed by atoms with Gasteiger partial charge in [-0.1, -0.05) is 38.5 Å². The molecule has 2 nitrogen and oxygen atoms in total. The van der Waals surface area contributed by atoms with Crippen molar-refractivity contribution >= 4 is 0 Å². The zero-order chi connectivity index (χ0) is 14.5. The Morgan fingerprint density at radius 2 is 2.05 bits per heavy atom. The molecule has 0 saturated heterocycles.